The Kier molecular flexibility index (Phi) is 4.65. The first-order valence-corrected chi connectivity index (χ1v) is 5.27. The maximum Gasteiger partial charge on any atom is 0.251 e. The van der Waals surface area contributed by atoms with Gasteiger partial charge < -0.3 is 10.1 Å². The quantitative estimate of drug-likeness (QED) is 0.667. The standard InChI is InChI=1S/C11H11Cl2NO2/c1-7(16-2)5-11(15)14-8-3-4-9(12)10(13)6-8/h3-6H,1-2H3,(H,14,15). The minimum Gasteiger partial charge on any atom is -0.501 e. The van der Waals surface area contributed by atoms with E-state index in [2.05, 4.69) is 5.32 Å². The summed E-state index contributed by atoms with van der Waals surface area (Å²) in [4.78, 5) is 11.4. The van der Waals surface area contributed by atoms with Crippen LogP contribution in [0.4, 0.5) is 5.69 Å². The van der Waals surface area contributed by atoms with Crippen LogP contribution in [0.3, 0.4) is 0 Å². The molecule has 16 heavy (non-hydrogen) atoms. The number of carbonyl (C=O) groups excluding carboxylic acids is 1. The molecule has 3 nitrogen and oxygen atoms in total. The fourth-order valence-electron chi connectivity index (χ4n) is 0.996. The number of amides is 1. The van der Waals surface area contributed by atoms with Crippen LogP contribution in [-0.4, -0.2) is 13.0 Å². The van der Waals surface area contributed by atoms with E-state index in [1.807, 2.05) is 0 Å². The van der Waals surface area contributed by atoms with Crippen LogP contribution in [-0.2, 0) is 9.53 Å². The SMILES string of the molecule is COC(C)=CC(=O)Nc1ccc(Cl)c(Cl)c1. The fraction of sp³-hybridized carbons (Fsp3) is 0.182. The number of methoxy groups -OCH3 is 1. The molecule has 1 aromatic rings. The van der Waals surface area contributed by atoms with Crippen LogP contribution in [0.2, 0.25) is 10.0 Å². The number of hydrogen-bond acceptors (Lipinski definition) is 2. The first-order valence-electron chi connectivity index (χ1n) is 4.51. The van der Waals surface area contributed by atoms with Crippen molar-refractivity contribution >= 4 is 34.8 Å². The van der Waals surface area contributed by atoms with E-state index in [1.165, 1.54) is 13.2 Å². The Bertz CT molecular complexity index is 430. The van der Waals surface area contributed by atoms with Gasteiger partial charge in [-0.25, -0.2) is 0 Å². The summed E-state index contributed by atoms with van der Waals surface area (Å²) in [6.07, 6.45) is 1.35. The van der Waals surface area contributed by atoms with Gasteiger partial charge in [-0.15, -0.1) is 0 Å². The molecule has 0 aliphatic heterocycles. The summed E-state index contributed by atoms with van der Waals surface area (Å²) in [5, 5.41) is 3.48. The molecule has 0 unspecified atom stereocenters. The van der Waals surface area contributed by atoms with E-state index >= 15 is 0 Å². The molecule has 0 saturated carbocycles. The smallest absolute Gasteiger partial charge is 0.251 e. The van der Waals surface area contributed by atoms with Crippen LogP contribution in [0.1, 0.15) is 6.92 Å². The fourth-order valence-corrected chi connectivity index (χ4v) is 1.29. The van der Waals surface area contributed by atoms with Gasteiger partial charge in [0, 0.05) is 11.8 Å². The van der Waals surface area contributed by atoms with Gasteiger partial charge in [-0.2, -0.15) is 0 Å². The predicted octanol–water partition coefficient (Wildman–Crippen LogP) is 3.48. The minimum atomic E-state index is -0.280. The lowest BCUT2D eigenvalue weighted by molar-refractivity contribution is -0.112. The van der Waals surface area contributed by atoms with Crippen LogP contribution in [0.15, 0.2) is 30.0 Å². The van der Waals surface area contributed by atoms with E-state index in [4.69, 9.17) is 27.9 Å². The molecule has 0 spiro atoms. The highest BCUT2D eigenvalue weighted by Gasteiger charge is 2.02. The minimum absolute atomic E-state index is 0.280. The number of rotatable bonds is 3. The highest BCUT2D eigenvalue weighted by Crippen LogP contribution is 2.24. The van der Waals surface area contributed by atoms with Crippen molar-refractivity contribution in [1.29, 1.82) is 0 Å². The van der Waals surface area contributed by atoms with Crippen LogP contribution in [0, 0.1) is 0 Å². The second kappa shape index (κ2) is 5.77. The Balaban J connectivity index is 2.74. The third-order valence-corrected chi connectivity index (χ3v) is 2.58. The number of benzene rings is 1. The van der Waals surface area contributed by atoms with E-state index in [0.717, 1.165) is 0 Å². The van der Waals surface area contributed by atoms with Gasteiger partial charge in [0.15, 0.2) is 0 Å². The lowest BCUT2D eigenvalue weighted by atomic mass is 10.3. The number of anilines is 1. The van der Waals surface area contributed by atoms with Gasteiger partial charge in [-0.05, 0) is 25.1 Å². The molecule has 86 valence electrons. The molecule has 0 atom stereocenters. The number of carbonyl (C=O) groups is 1. The average molecular weight is 260 g/mol. The lowest BCUT2D eigenvalue weighted by Crippen LogP contribution is -2.08. The second-order valence-corrected chi connectivity index (χ2v) is 3.89. The van der Waals surface area contributed by atoms with E-state index in [9.17, 15) is 4.79 Å². The molecule has 0 heterocycles. The summed E-state index contributed by atoms with van der Waals surface area (Å²) >= 11 is 11.6. The Labute approximate surface area is 104 Å². The topological polar surface area (TPSA) is 38.3 Å². The maximum atomic E-state index is 11.4. The van der Waals surface area contributed by atoms with Crippen molar-refractivity contribution in [3.05, 3.63) is 40.1 Å². The van der Waals surface area contributed by atoms with E-state index in [0.29, 0.717) is 21.5 Å². The highest BCUT2D eigenvalue weighted by molar-refractivity contribution is 6.42. The molecule has 0 aliphatic rings. The van der Waals surface area contributed by atoms with E-state index in [1.54, 1.807) is 25.1 Å². The first-order chi connectivity index (χ1) is 7.52. The summed E-state index contributed by atoms with van der Waals surface area (Å²) in [5.74, 6) is 0.246. The molecular weight excluding hydrogens is 249 g/mol. The lowest BCUT2D eigenvalue weighted by Gasteiger charge is -2.04. The highest BCUT2D eigenvalue weighted by atomic mass is 35.5. The third kappa shape index (κ3) is 3.76. The summed E-state index contributed by atoms with van der Waals surface area (Å²) < 4.78 is 4.85. The summed E-state index contributed by atoms with van der Waals surface area (Å²) in [6.45, 7) is 1.69. The number of halogens is 2. The molecule has 1 aromatic carbocycles. The molecule has 0 aliphatic carbocycles. The zero-order chi connectivity index (χ0) is 12.1. The van der Waals surface area contributed by atoms with Gasteiger partial charge in [0.05, 0.1) is 22.9 Å². The maximum absolute atomic E-state index is 11.4. The molecule has 0 fully saturated rings. The summed E-state index contributed by atoms with van der Waals surface area (Å²) in [5.41, 5.74) is 0.583. The molecule has 1 amide bonds. The van der Waals surface area contributed by atoms with Crippen molar-refractivity contribution in [2.24, 2.45) is 0 Å². The normalized spacial score (nSPS) is 11.1. The zero-order valence-electron chi connectivity index (χ0n) is 8.88. The Morgan fingerprint density at radius 3 is 2.62 bits per heavy atom. The van der Waals surface area contributed by atoms with Crippen LogP contribution < -0.4 is 5.32 Å². The van der Waals surface area contributed by atoms with Crippen LogP contribution >= 0.6 is 23.2 Å². The van der Waals surface area contributed by atoms with Crippen molar-refractivity contribution < 1.29 is 9.53 Å². The molecule has 5 heteroatoms. The van der Waals surface area contributed by atoms with Crippen LogP contribution in [0.25, 0.3) is 0 Å². The van der Waals surface area contributed by atoms with Crippen molar-refractivity contribution in [3.8, 4) is 0 Å². The number of hydrogen-bond donors (Lipinski definition) is 1. The van der Waals surface area contributed by atoms with Crippen molar-refractivity contribution in [2.75, 3.05) is 12.4 Å². The van der Waals surface area contributed by atoms with Crippen molar-refractivity contribution in [1.82, 2.24) is 0 Å². The molecule has 0 saturated heterocycles. The van der Waals surface area contributed by atoms with E-state index < -0.39 is 0 Å². The van der Waals surface area contributed by atoms with Gasteiger partial charge in [-0.1, -0.05) is 23.2 Å². The average Bonchev–Trinajstić information content (AvgIpc) is 2.23. The van der Waals surface area contributed by atoms with Gasteiger partial charge in [-0.3, -0.25) is 4.79 Å². The predicted molar refractivity (Wildman–Crippen MR) is 65.9 cm³/mol. The van der Waals surface area contributed by atoms with Gasteiger partial charge in [0.2, 0.25) is 0 Å². The van der Waals surface area contributed by atoms with Gasteiger partial charge in [0.25, 0.3) is 5.91 Å². The van der Waals surface area contributed by atoms with Crippen LogP contribution in [0.5, 0.6) is 0 Å². The zero-order valence-corrected chi connectivity index (χ0v) is 10.4. The number of ether oxygens (including phenoxy) is 1. The Morgan fingerprint density at radius 1 is 1.38 bits per heavy atom. The molecule has 0 bridgehead atoms. The van der Waals surface area contributed by atoms with Crippen molar-refractivity contribution in [3.63, 3.8) is 0 Å². The first kappa shape index (κ1) is 12.9. The molecule has 0 radical (unpaired) electrons. The number of nitrogens with one attached hydrogen (secondary N) is 1. The molecule has 1 N–H and O–H groups in total. The summed E-state index contributed by atoms with van der Waals surface area (Å²) in [7, 11) is 1.50. The largest absolute Gasteiger partial charge is 0.501 e. The molecule has 1 rings (SSSR count). The Hall–Kier alpha value is -1.19. The second-order valence-electron chi connectivity index (χ2n) is 3.08. The third-order valence-electron chi connectivity index (χ3n) is 1.84. The van der Waals surface area contributed by atoms with E-state index in [-0.39, 0.29) is 5.91 Å². The Morgan fingerprint density at radius 2 is 2.06 bits per heavy atom. The number of allylic oxidation sites excluding steroid dienone is 1. The monoisotopic (exact) mass is 259 g/mol. The van der Waals surface area contributed by atoms with Gasteiger partial charge in [0.1, 0.15) is 0 Å². The molecule has 0 aromatic heterocycles. The molecular formula is C11H11Cl2NO2. The van der Waals surface area contributed by atoms with Gasteiger partial charge >= 0.3 is 0 Å². The summed E-state index contributed by atoms with van der Waals surface area (Å²) in [6, 6.07) is 4.87. The van der Waals surface area contributed by atoms with Crippen molar-refractivity contribution in [2.45, 2.75) is 6.92 Å².